The van der Waals surface area contributed by atoms with Crippen molar-refractivity contribution in [3.05, 3.63) is 28.8 Å². The first kappa shape index (κ1) is 17.5. The van der Waals surface area contributed by atoms with Gasteiger partial charge in [0, 0.05) is 6.54 Å². The number of benzene rings is 1. The lowest BCUT2D eigenvalue weighted by Crippen LogP contribution is -2.34. The fourth-order valence-electron chi connectivity index (χ4n) is 1.81. The molecule has 1 rings (SSSR count). The highest BCUT2D eigenvalue weighted by molar-refractivity contribution is 6.33. The molecule has 1 N–H and O–H groups in total. The Labute approximate surface area is 130 Å². The number of halogens is 1. The molecule has 0 fully saturated rings. The average Bonchev–Trinajstić information content (AvgIpc) is 2.46. The van der Waals surface area contributed by atoms with Crippen molar-refractivity contribution < 1.29 is 14.3 Å². The van der Waals surface area contributed by atoms with Crippen molar-refractivity contribution in [2.75, 3.05) is 32.1 Å². The molecule has 0 saturated heterocycles. The molecule has 5 nitrogen and oxygen atoms in total. The summed E-state index contributed by atoms with van der Waals surface area (Å²) in [5, 5.41) is 3.29. The number of likely N-dealkylation sites (N-methyl/N-ethyl adjacent to an activating group) is 1. The number of nitrogens with one attached hydrogen (secondary N) is 1. The van der Waals surface area contributed by atoms with Gasteiger partial charge in [-0.3, -0.25) is 14.5 Å². The van der Waals surface area contributed by atoms with E-state index in [1.54, 1.807) is 12.1 Å². The quantitative estimate of drug-likeness (QED) is 0.786. The van der Waals surface area contributed by atoms with Crippen LogP contribution < -0.4 is 5.32 Å². The molecule has 0 aliphatic carbocycles. The molecule has 116 valence electrons. The minimum Gasteiger partial charge on any atom is -0.469 e. The van der Waals surface area contributed by atoms with Crippen LogP contribution >= 0.6 is 11.6 Å². The molecule has 6 heteroatoms. The van der Waals surface area contributed by atoms with Crippen LogP contribution in [-0.4, -0.2) is 43.5 Å². The average molecular weight is 313 g/mol. The van der Waals surface area contributed by atoms with Crippen LogP contribution in [0.2, 0.25) is 5.02 Å². The van der Waals surface area contributed by atoms with E-state index in [4.69, 9.17) is 11.6 Å². The third kappa shape index (κ3) is 6.14. The van der Waals surface area contributed by atoms with Crippen LogP contribution in [0.15, 0.2) is 18.2 Å². The number of rotatable bonds is 7. The van der Waals surface area contributed by atoms with Gasteiger partial charge in [-0.15, -0.1) is 0 Å². The van der Waals surface area contributed by atoms with E-state index in [1.807, 2.05) is 24.8 Å². The summed E-state index contributed by atoms with van der Waals surface area (Å²) < 4.78 is 4.59. The first-order valence-electron chi connectivity index (χ1n) is 6.81. The summed E-state index contributed by atoms with van der Waals surface area (Å²) in [6.45, 7) is 5.23. The maximum absolute atomic E-state index is 12.0. The number of ether oxygens (including phenoxy) is 1. The normalized spacial score (nSPS) is 10.5. The number of esters is 1. The summed E-state index contributed by atoms with van der Waals surface area (Å²) in [4.78, 5) is 25.0. The molecular formula is C15H21ClN2O3. The molecule has 0 aliphatic rings. The monoisotopic (exact) mass is 312 g/mol. The van der Waals surface area contributed by atoms with E-state index < -0.39 is 0 Å². The van der Waals surface area contributed by atoms with E-state index in [0.29, 0.717) is 23.8 Å². The van der Waals surface area contributed by atoms with Gasteiger partial charge in [0.2, 0.25) is 5.91 Å². The van der Waals surface area contributed by atoms with Gasteiger partial charge in [0.15, 0.2) is 0 Å². The first-order valence-corrected chi connectivity index (χ1v) is 7.19. The van der Waals surface area contributed by atoms with Crippen LogP contribution in [0, 0.1) is 6.92 Å². The zero-order valence-electron chi connectivity index (χ0n) is 12.6. The fourth-order valence-corrected chi connectivity index (χ4v) is 2.10. The van der Waals surface area contributed by atoms with Gasteiger partial charge >= 0.3 is 5.97 Å². The maximum atomic E-state index is 12.0. The van der Waals surface area contributed by atoms with Crippen molar-refractivity contribution in [3.8, 4) is 0 Å². The minimum atomic E-state index is -0.282. The number of hydrogen-bond acceptors (Lipinski definition) is 4. The molecule has 0 radical (unpaired) electrons. The molecule has 1 aromatic rings. The number of amides is 1. The second kappa shape index (κ2) is 8.64. The lowest BCUT2D eigenvalue weighted by molar-refractivity contribution is -0.141. The van der Waals surface area contributed by atoms with E-state index in [9.17, 15) is 9.59 Å². The van der Waals surface area contributed by atoms with Gasteiger partial charge in [0.25, 0.3) is 0 Å². The van der Waals surface area contributed by atoms with Gasteiger partial charge in [-0.25, -0.2) is 0 Å². The summed E-state index contributed by atoms with van der Waals surface area (Å²) in [5.41, 5.74) is 1.63. The number of carbonyl (C=O) groups is 2. The van der Waals surface area contributed by atoms with E-state index in [-0.39, 0.29) is 24.8 Å². The minimum absolute atomic E-state index is 0.160. The number of nitrogens with zero attached hydrogens (tertiary/aromatic N) is 1. The molecule has 1 amide bonds. The molecule has 0 unspecified atom stereocenters. The van der Waals surface area contributed by atoms with Crippen molar-refractivity contribution in [2.45, 2.75) is 20.3 Å². The van der Waals surface area contributed by atoms with Crippen LogP contribution in [0.1, 0.15) is 18.9 Å². The molecular weight excluding hydrogens is 292 g/mol. The number of carbonyl (C=O) groups excluding carboxylic acids is 2. The Balaban J connectivity index is 2.52. The van der Waals surface area contributed by atoms with Crippen LogP contribution in [0.25, 0.3) is 0 Å². The Morgan fingerprint density at radius 2 is 2.10 bits per heavy atom. The van der Waals surface area contributed by atoms with Crippen LogP contribution in [0.5, 0.6) is 0 Å². The highest BCUT2D eigenvalue weighted by Gasteiger charge is 2.12. The van der Waals surface area contributed by atoms with Gasteiger partial charge in [-0.05, 0) is 31.2 Å². The molecule has 1 aromatic carbocycles. The summed E-state index contributed by atoms with van der Waals surface area (Å²) in [6, 6.07) is 5.46. The van der Waals surface area contributed by atoms with E-state index >= 15 is 0 Å². The first-order chi connectivity index (χ1) is 9.96. The number of anilines is 1. The Morgan fingerprint density at radius 1 is 1.38 bits per heavy atom. The Morgan fingerprint density at radius 3 is 2.67 bits per heavy atom. The number of hydrogen-bond donors (Lipinski definition) is 1. The lowest BCUT2D eigenvalue weighted by atomic mass is 10.2. The molecule has 0 aliphatic heterocycles. The van der Waals surface area contributed by atoms with Gasteiger partial charge in [0.05, 0.1) is 30.8 Å². The molecule has 0 bridgehead atoms. The molecule has 21 heavy (non-hydrogen) atoms. The van der Waals surface area contributed by atoms with Crippen molar-refractivity contribution in [2.24, 2.45) is 0 Å². The molecule has 0 saturated carbocycles. The summed E-state index contributed by atoms with van der Waals surface area (Å²) in [7, 11) is 1.35. The van der Waals surface area contributed by atoms with Crippen LogP contribution in [0.4, 0.5) is 5.69 Å². The molecule has 0 aromatic heterocycles. The zero-order valence-corrected chi connectivity index (χ0v) is 13.4. The third-order valence-corrected chi connectivity index (χ3v) is 3.39. The summed E-state index contributed by atoms with van der Waals surface area (Å²) in [5.74, 6) is -0.442. The Hall–Kier alpha value is -1.59. The van der Waals surface area contributed by atoms with E-state index in [1.165, 1.54) is 7.11 Å². The van der Waals surface area contributed by atoms with Gasteiger partial charge in [-0.2, -0.15) is 0 Å². The molecule has 0 atom stereocenters. The van der Waals surface area contributed by atoms with E-state index in [2.05, 4.69) is 10.1 Å². The molecule has 0 heterocycles. The van der Waals surface area contributed by atoms with Gasteiger partial charge in [0.1, 0.15) is 0 Å². The fraction of sp³-hybridized carbons (Fsp3) is 0.467. The zero-order chi connectivity index (χ0) is 15.8. The lowest BCUT2D eigenvalue weighted by Gasteiger charge is -2.19. The highest BCUT2D eigenvalue weighted by atomic mass is 35.5. The number of aryl methyl sites for hydroxylation is 1. The highest BCUT2D eigenvalue weighted by Crippen LogP contribution is 2.22. The summed E-state index contributed by atoms with van der Waals surface area (Å²) in [6.07, 6.45) is 0.267. The summed E-state index contributed by atoms with van der Waals surface area (Å²) >= 11 is 6.08. The smallest absolute Gasteiger partial charge is 0.306 e. The maximum Gasteiger partial charge on any atom is 0.306 e. The third-order valence-electron chi connectivity index (χ3n) is 3.07. The Bertz CT molecular complexity index is 506. The van der Waals surface area contributed by atoms with Gasteiger partial charge < -0.3 is 10.1 Å². The number of methoxy groups -OCH3 is 1. The van der Waals surface area contributed by atoms with Crippen LogP contribution in [-0.2, 0) is 14.3 Å². The topological polar surface area (TPSA) is 58.6 Å². The second-order valence-corrected chi connectivity index (χ2v) is 5.13. The largest absolute Gasteiger partial charge is 0.469 e. The van der Waals surface area contributed by atoms with Crippen LogP contribution in [0.3, 0.4) is 0 Å². The standard InChI is InChI=1S/C15H21ClN2O3/c1-4-18(8-7-15(20)21-3)10-14(19)17-13-6-5-11(2)9-12(13)16/h5-6,9H,4,7-8,10H2,1-3H3,(H,17,19). The Kier molecular flexibility index (Phi) is 7.19. The molecule has 0 spiro atoms. The SMILES string of the molecule is CCN(CCC(=O)OC)CC(=O)Nc1ccc(C)cc1Cl. The van der Waals surface area contributed by atoms with E-state index in [0.717, 1.165) is 5.56 Å². The van der Waals surface area contributed by atoms with Crippen molar-refractivity contribution in [1.82, 2.24) is 4.90 Å². The second-order valence-electron chi connectivity index (χ2n) is 4.73. The predicted octanol–water partition coefficient (Wildman–Crippen LogP) is 2.47. The predicted molar refractivity (Wildman–Crippen MR) is 83.6 cm³/mol. The van der Waals surface area contributed by atoms with Gasteiger partial charge in [-0.1, -0.05) is 24.6 Å². The van der Waals surface area contributed by atoms with Crippen molar-refractivity contribution >= 4 is 29.2 Å². The van der Waals surface area contributed by atoms with Crippen molar-refractivity contribution in [1.29, 1.82) is 0 Å². The van der Waals surface area contributed by atoms with Crippen molar-refractivity contribution in [3.63, 3.8) is 0 Å².